The lowest BCUT2D eigenvalue weighted by Gasteiger charge is -2.35. The maximum atomic E-state index is 12.1. The second-order valence-electron chi connectivity index (χ2n) is 6.52. The van der Waals surface area contributed by atoms with Gasteiger partial charge in [-0.05, 0) is 36.8 Å². The number of hydrogen-bond donors (Lipinski definition) is 3. The topological polar surface area (TPSA) is 64.6 Å². The van der Waals surface area contributed by atoms with E-state index in [1.807, 2.05) is 6.92 Å². The molecule has 1 aliphatic heterocycles. The van der Waals surface area contributed by atoms with Crippen molar-refractivity contribution in [2.24, 2.45) is 0 Å². The van der Waals surface area contributed by atoms with E-state index in [9.17, 15) is 4.79 Å². The average Bonchev–Trinajstić information content (AvgIpc) is 2.61. The zero-order valence-corrected chi connectivity index (χ0v) is 14.9. The van der Waals surface area contributed by atoms with Crippen molar-refractivity contribution in [3.63, 3.8) is 0 Å². The summed E-state index contributed by atoms with van der Waals surface area (Å²) in [6.45, 7) is 6.94. The minimum absolute atomic E-state index is 0.0388. The lowest BCUT2D eigenvalue weighted by atomic mass is 9.98. The fourth-order valence-electron chi connectivity index (χ4n) is 3.34. The molecule has 24 heavy (non-hydrogen) atoms. The number of aliphatic hydroxyl groups excluding tert-OH is 1. The first-order chi connectivity index (χ1) is 11.7. The molecule has 0 bridgehead atoms. The lowest BCUT2D eigenvalue weighted by Crippen LogP contribution is -2.49. The van der Waals surface area contributed by atoms with Crippen molar-refractivity contribution in [2.45, 2.75) is 58.2 Å². The molecule has 134 valence electrons. The van der Waals surface area contributed by atoms with E-state index in [1.165, 1.54) is 11.1 Å². The predicted octanol–water partition coefficient (Wildman–Crippen LogP) is 2.28. The number of amides is 2. The smallest absolute Gasteiger partial charge is 0.315 e. The van der Waals surface area contributed by atoms with Gasteiger partial charge in [0.05, 0.1) is 0 Å². The second-order valence-corrected chi connectivity index (χ2v) is 6.52. The van der Waals surface area contributed by atoms with Crippen molar-refractivity contribution in [2.75, 3.05) is 19.7 Å². The Hall–Kier alpha value is -1.59. The molecule has 1 aromatic carbocycles. The van der Waals surface area contributed by atoms with E-state index < -0.39 is 0 Å². The Balaban J connectivity index is 1.83. The summed E-state index contributed by atoms with van der Waals surface area (Å²) >= 11 is 0. The van der Waals surface area contributed by atoms with Crippen LogP contribution in [0.25, 0.3) is 0 Å². The van der Waals surface area contributed by atoms with Crippen LogP contribution < -0.4 is 10.6 Å². The zero-order valence-electron chi connectivity index (χ0n) is 14.9. The number of nitrogens with one attached hydrogen (secondary N) is 2. The van der Waals surface area contributed by atoms with Crippen LogP contribution in [0.2, 0.25) is 0 Å². The van der Waals surface area contributed by atoms with Gasteiger partial charge >= 0.3 is 6.03 Å². The molecule has 0 saturated carbocycles. The summed E-state index contributed by atoms with van der Waals surface area (Å²) in [6.07, 6.45) is 3.52. The molecule has 2 atom stereocenters. The average molecular weight is 333 g/mol. The first kappa shape index (κ1) is 18.7. The lowest BCUT2D eigenvalue weighted by molar-refractivity contribution is 0.168. The molecule has 5 nitrogen and oxygen atoms in total. The second kappa shape index (κ2) is 9.64. The number of carbonyl (C=O) groups is 1. The number of hydrogen-bond acceptors (Lipinski definition) is 3. The third-order valence-electron chi connectivity index (χ3n) is 4.95. The van der Waals surface area contributed by atoms with E-state index in [0.717, 1.165) is 32.4 Å². The fraction of sp³-hybridized carbons (Fsp3) is 0.632. The Morgan fingerprint density at radius 3 is 2.67 bits per heavy atom. The van der Waals surface area contributed by atoms with Crippen LogP contribution in [0.4, 0.5) is 4.79 Å². The Morgan fingerprint density at radius 2 is 2.00 bits per heavy atom. The monoisotopic (exact) mass is 333 g/mol. The van der Waals surface area contributed by atoms with E-state index >= 15 is 0 Å². The number of rotatable bonds is 8. The first-order valence-electron chi connectivity index (χ1n) is 9.13. The highest BCUT2D eigenvalue weighted by atomic mass is 16.3. The molecule has 2 rings (SSSR count). The summed E-state index contributed by atoms with van der Waals surface area (Å²) in [5.41, 5.74) is 2.85. The van der Waals surface area contributed by atoms with E-state index in [0.29, 0.717) is 19.0 Å². The van der Waals surface area contributed by atoms with Gasteiger partial charge in [-0.15, -0.1) is 0 Å². The van der Waals surface area contributed by atoms with Gasteiger partial charge in [0.15, 0.2) is 0 Å². The minimum atomic E-state index is -0.133. The molecular weight excluding hydrogens is 302 g/mol. The van der Waals surface area contributed by atoms with Crippen molar-refractivity contribution in [1.82, 2.24) is 15.5 Å². The van der Waals surface area contributed by atoms with Crippen LogP contribution in [0.15, 0.2) is 24.3 Å². The van der Waals surface area contributed by atoms with Gasteiger partial charge in [0.25, 0.3) is 0 Å². The molecule has 0 aliphatic carbocycles. The SMILES string of the molecule is CCC(CCO)NC(=O)NCC(CC)N1CCc2ccccc2C1. The molecule has 0 aromatic heterocycles. The summed E-state index contributed by atoms with van der Waals surface area (Å²) in [4.78, 5) is 14.5. The van der Waals surface area contributed by atoms with Gasteiger partial charge < -0.3 is 15.7 Å². The highest BCUT2D eigenvalue weighted by Gasteiger charge is 2.22. The Kier molecular flexibility index (Phi) is 7.53. The van der Waals surface area contributed by atoms with Crippen LogP contribution >= 0.6 is 0 Å². The Labute approximate surface area is 145 Å². The standard InChI is InChI=1S/C19H31N3O2/c1-3-17(10-12-23)21-19(24)20-13-18(4-2)22-11-9-15-7-5-6-8-16(15)14-22/h5-8,17-18,23H,3-4,9-14H2,1-2H3,(H2,20,21,24). The number of aliphatic hydroxyl groups is 1. The van der Waals surface area contributed by atoms with Crippen molar-refractivity contribution in [3.8, 4) is 0 Å². The van der Waals surface area contributed by atoms with Crippen LogP contribution in [0.3, 0.4) is 0 Å². The number of benzene rings is 1. The van der Waals surface area contributed by atoms with E-state index in [2.05, 4.69) is 46.7 Å². The molecule has 5 heteroatoms. The highest BCUT2D eigenvalue weighted by Crippen LogP contribution is 2.21. The third-order valence-corrected chi connectivity index (χ3v) is 4.95. The molecule has 0 radical (unpaired) electrons. The summed E-state index contributed by atoms with van der Waals surface area (Å²) in [5, 5.41) is 15.0. The molecule has 0 saturated heterocycles. The van der Waals surface area contributed by atoms with E-state index in [1.54, 1.807) is 0 Å². The molecule has 0 spiro atoms. The highest BCUT2D eigenvalue weighted by molar-refractivity contribution is 5.74. The zero-order chi connectivity index (χ0) is 17.4. The number of fused-ring (bicyclic) bond motifs is 1. The molecule has 1 aliphatic rings. The minimum Gasteiger partial charge on any atom is -0.396 e. The van der Waals surface area contributed by atoms with Gasteiger partial charge in [-0.1, -0.05) is 38.1 Å². The van der Waals surface area contributed by atoms with Crippen LogP contribution in [0.5, 0.6) is 0 Å². The maximum Gasteiger partial charge on any atom is 0.315 e. The molecule has 1 heterocycles. The molecule has 2 unspecified atom stereocenters. The Morgan fingerprint density at radius 1 is 1.25 bits per heavy atom. The van der Waals surface area contributed by atoms with E-state index in [4.69, 9.17) is 5.11 Å². The maximum absolute atomic E-state index is 12.1. The summed E-state index contributed by atoms with van der Waals surface area (Å²) in [5.74, 6) is 0. The van der Waals surface area contributed by atoms with Gasteiger partial charge in [0.1, 0.15) is 0 Å². The van der Waals surface area contributed by atoms with Gasteiger partial charge in [0.2, 0.25) is 0 Å². The molecule has 0 fully saturated rings. The summed E-state index contributed by atoms with van der Waals surface area (Å²) < 4.78 is 0. The van der Waals surface area contributed by atoms with Crippen LogP contribution in [-0.2, 0) is 13.0 Å². The Bertz CT molecular complexity index is 521. The molecular formula is C19H31N3O2. The number of carbonyl (C=O) groups excluding carboxylic acids is 1. The van der Waals surface area contributed by atoms with Crippen LogP contribution in [0.1, 0.15) is 44.2 Å². The predicted molar refractivity (Wildman–Crippen MR) is 97.0 cm³/mol. The molecule has 2 amide bonds. The van der Waals surface area contributed by atoms with E-state index in [-0.39, 0.29) is 18.7 Å². The van der Waals surface area contributed by atoms with Crippen LogP contribution in [-0.4, -0.2) is 47.8 Å². The van der Waals surface area contributed by atoms with Gasteiger partial charge in [0, 0.05) is 38.3 Å². The van der Waals surface area contributed by atoms with Gasteiger partial charge in [-0.3, -0.25) is 4.90 Å². The molecule has 1 aromatic rings. The number of urea groups is 1. The van der Waals surface area contributed by atoms with Crippen LogP contribution in [0, 0.1) is 0 Å². The van der Waals surface area contributed by atoms with Gasteiger partial charge in [-0.2, -0.15) is 0 Å². The van der Waals surface area contributed by atoms with Gasteiger partial charge in [-0.25, -0.2) is 4.79 Å². The third kappa shape index (κ3) is 5.21. The van der Waals surface area contributed by atoms with Crippen molar-refractivity contribution in [1.29, 1.82) is 0 Å². The van der Waals surface area contributed by atoms with Crippen molar-refractivity contribution in [3.05, 3.63) is 35.4 Å². The molecule has 3 N–H and O–H groups in total. The first-order valence-corrected chi connectivity index (χ1v) is 9.13. The number of nitrogens with zero attached hydrogens (tertiary/aromatic N) is 1. The quantitative estimate of drug-likeness (QED) is 0.684. The largest absolute Gasteiger partial charge is 0.396 e. The van der Waals surface area contributed by atoms with Crippen molar-refractivity contribution >= 4 is 6.03 Å². The summed E-state index contributed by atoms with van der Waals surface area (Å²) in [7, 11) is 0. The summed E-state index contributed by atoms with van der Waals surface area (Å²) in [6, 6.07) is 8.88. The van der Waals surface area contributed by atoms with Crippen molar-refractivity contribution < 1.29 is 9.90 Å². The normalized spacial score (nSPS) is 17.0. The fourth-order valence-corrected chi connectivity index (χ4v) is 3.34.